The van der Waals surface area contributed by atoms with Crippen LogP contribution in [0.4, 0.5) is 0 Å². The molecule has 0 fully saturated rings. The molecule has 0 aromatic carbocycles. The van der Waals surface area contributed by atoms with Gasteiger partial charge in [-0.3, -0.25) is 0 Å². The molecule has 0 unspecified atom stereocenters. The standard InChI is InChI=1S/C13H27.C4H4NS.Sn/c1-4-7-10-13(11-8-5-2)12-9-6-3;1-4-5-2-3-6-4;/h4-12H2,1-3H3;3H,1H3;. The molecule has 1 nitrogen and oxygen atoms in total. The normalized spacial score (nSPS) is 12.0. The Bertz CT molecular complexity index is 340. The van der Waals surface area contributed by atoms with Crippen LogP contribution in [0.25, 0.3) is 0 Å². The van der Waals surface area contributed by atoms with Crippen molar-refractivity contribution in [2.75, 3.05) is 0 Å². The molecule has 1 aromatic rings. The van der Waals surface area contributed by atoms with Crippen LogP contribution in [0.15, 0.2) is 5.38 Å². The fraction of sp³-hybridized carbons (Fsp3) is 0.824. The van der Waals surface area contributed by atoms with Gasteiger partial charge in [0.25, 0.3) is 0 Å². The van der Waals surface area contributed by atoms with Gasteiger partial charge in [-0.1, -0.05) is 0 Å². The first kappa shape index (κ1) is 18.5. The van der Waals surface area contributed by atoms with Gasteiger partial charge in [-0.2, -0.15) is 0 Å². The van der Waals surface area contributed by atoms with Gasteiger partial charge in [0.05, 0.1) is 0 Å². The quantitative estimate of drug-likeness (QED) is 0.447. The number of nitrogens with zero attached hydrogens (tertiary/aromatic N) is 1. The Hall–Kier alpha value is 0.429. The van der Waals surface area contributed by atoms with E-state index in [1.54, 1.807) is 0 Å². The van der Waals surface area contributed by atoms with Crippen LogP contribution < -0.4 is 3.71 Å². The van der Waals surface area contributed by atoms with Crippen molar-refractivity contribution in [3.8, 4) is 0 Å². The average molecular weight is 400 g/mol. The summed E-state index contributed by atoms with van der Waals surface area (Å²) in [4.78, 5) is 4.81. The number of unbranched alkanes of at least 4 members (excludes halogenated alkanes) is 3. The summed E-state index contributed by atoms with van der Waals surface area (Å²) < 4.78 is 2.20. The Morgan fingerprint density at radius 3 is 1.85 bits per heavy atom. The van der Waals surface area contributed by atoms with Crippen LogP contribution in [0, 0.1) is 6.92 Å². The fourth-order valence-electron chi connectivity index (χ4n) is 2.80. The van der Waals surface area contributed by atoms with Gasteiger partial charge >= 0.3 is 140 Å². The number of hydrogen-bond acceptors (Lipinski definition) is 2. The average Bonchev–Trinajstić information content (AvgIpc) is 2.85. The molecule has 0 aliphatic carbocycles. The van der Waals surface area contributed by atoms with Gasteiger partial charge in [0.2, 0.25) is 0 Å². The minimum atomic E-state index is -0.570. The second-order valence-electron chi connectivity index (χ2n) is 5.97. The first-order valence-corrected chi connectivity index (χ1v) is 12.1. The van der Waals surface area contributed by atoms with E-state index in [0.29, 0.717) is 3.43 Å². The number of aryl methyl sites for hydroxylation is 1. The van der Waals surface area contributed by atoms with E-state index in [1.807, 2.05) is 11.3 Å². The van der Waals surface area contributed by atoms with Crippen molar-refractivity contribution in [2.45, 2.75) is 88.9 Å². The second-order valence-corrected chi connectivity index (χ2v) is 12.2. The molecule has 1 heterocycles. The molecular weight excluding hydrogens is 369 g/mol. The molecule has 2 radical (unpaired) electrons. The minimum absolute atomic E-state index is 0.570. The summed E-state index contributed by atoms with van der Waals surface area (Å²) in [6.07, 6.45) is 12.7. The molecule has 114 valence electrons. The third-order valence-electron chi connectivity index (χ3n) is 4.04. The number of aromatic nitrogens is 1. The topological polar surface area (TPSA) is 12.9 Å². The van der Waals surface area contributed by atoms with Gasteiger partial charge in [-0.05, 0) is 0 Å². The number of hydrogen-bond donors (Lipinski definition) is 0. The predicted octanol–water partition coefficient (Wildman–Crippen LogP) is 5.51. The zero-order valence-electron chi connectivity index (χ0n) is 13.8. The Morgan fingerprint density at radius 1 is 1.00 bits per heavy atom. The van der Waals surface area contributed by atoms with Crippen LogP contribution in [0.5, 0.6) is 0 Å². The monoisotopic (exact) mass is 401 g/mol. The van der Waals surface area contributed by atoms with Gasteiger partial charge in [-0.15, -0.1) is 0 Å². The first-order valence-electron chi connectivity index (χ1n) is 8.36. The summed E-state index contributed by atoms with van der Waals surface area (Å²) in [7, 11) is 0. The van der Waals surface area contributed by atoms with Gasteiger partial charge in [0.15, 0.2) is 0 Å². The molecule has 1 aromatic heterocycles. The first-order chi connectivity index (χ1) is 9.65. The predicted molar refractivity (Wildman–Crippen MR) is 93.5 cm³/mol. The maximum atomic E-state index is 4.81. The van der Waals surface area contributed by atoms with E-state index in [0.717, 1.165) is 0 Å². The molecule has 0 spiro atoms. The summed E-state index contributed by atoms with van der Waals surface area (Å²) in [5, 5.41) is 3.62. The van der Waals surface area contributed by atoms with E-state index < -0.39 is 21.1 Å². The van der Waals surface area contributed by atoms with E-state index in [4.69, 9.17) is 4.98 Å². The third kappa shape index (κ3) is 6.46. The molecule has 0 amide bonds. The van der Waals surface area contributed by atoms with Crippen LogP contribution in [-0.4, -0.2) is 26.1 Å². The van der Waals surface area contributed by atoms with Gasteiger partial charge in [-0.25, -0.2) is 0 Å². The van der Waals surface area contributed by atoms with Crippen molar-refractivity contribution in [2.24, 2.45) is 0 Å². The Morgan fingerprint density at radius 2 is 1.50 bits per heavy atom. The van der Waals surface area contributed by atoms with E-state index in [9.17, 15) is 0 Å². The Balaban J connectivity index is 2.80. The molecule has 0 atom stereocenters. The van der Waals surface area contributed by atoms with Crippen LogP contribution in [0.2, 0.25) is 3.43 Å². The summed E-state index contributed by atoms with van der Waals surface area (Å²) in [5.74, 6) is 0. The molecule has 0 N–H and O–H groups in total. The zero-order chi connectivity index (χ0) is 14.8. The zero-order valence-corrected chi connectivity index (χ0v) is 17.5. The molecule has 1 rings (SSSR count). The van der Waals surface area contributed by atoms with Crippen LogP contribution in [0.3, 0.4) is 0 Å². The molecule has 0 saturated carbocycles. The second kappa shape index (κ2) is 10.2. The van der Waals surface area contributed by atoms with E-state index in [2.05, 4.69) is 33.1 Å². The fourth-order valence-corrected chi connectivity index (χ4v) is 9.36. The third-order valence-corrected chi connectivity index (χ3v) is 10.5. The number of rotatable bonds is 11. The van der Waals surface area contributed by atoms with Crippen molar-refractivity contribution in [3.05, 3.63) is 10.4 Å². The summed E-state index contributed by atoms with van der Waals surface area (Å²) >= 11 is 1.28. The molecule has 0 saturated heterocycles. The van der Waals surface area contributed by atoms with Gasteiger partial charge in [0.1, 0.15) is 0 Å². The van der Waals surface area contributed by atoms with E-state index in [-0.39, 0.29) is 0 Å². The van der Waals surface area contributed by atoms with Crippen molar-refractivity contribution in [1.29, 1.82) is 0 Å². The molecule has 0 aliphatic rings. The maximum absolute atomic E-state index is 4.81. The van der Waals surface area contributed by atoms with Crippen molar-refractivity contribution < 1.29 is 0 Å². The van der Waals surface area contributed by atoms with Crippen LogP contribution >= 0.6 is 11.3 Å². The van der Waals surface area contributed by atoms with Crippen LogP contribution in [0.1, 0.15) is 83.6 Å². The Kier molecular flexibility index (Phi) is 9.43. The van der Waals surface area contributed by atoms with E-state index >= 15 is 0 Å². The molecule has 20 heavy (non-hydrogen) atoms. The molecule has 0 bridgehead atoms. The molecular formula is C17H31NSSn. The SMILES string of the molecule is CCCC[C](CCCC)(CCCC)[Sn][c]1csc(C)n1. The van der Waals surface area contributed by atoms with Crippen molar-refractivity contribution in [1.82, 2.24) is 4.98 Å². The summed E-state index contributed by atoms with van der Waals surface area (Å²) in [6.45, 7) is 9.16. The summed E-state index contributed by atoms with van der Waals surface area (Å²) in [5.41, 5.74) is 0. The molecule has 3 heteroatoms. The van der Waals surface area contributed by atoms with Crippen molar-refractivity contribution >= 4 is 36.2 Å². The van der Waals surface area contributed by atoms with Gasteiger partial charge in [0, 0.05) is 0 Å². The number of thiazole rings is 1. The van der Waals surface area contributed by atoms with Gasteiger partial charge < -0.3 is 0 Å². The van der Waals surface area contributed by atoms with E-state index in [1.165, 1.54) is 66.5 Å². The van der Waals surface area contributed by atoms with Crippen molar-refractivity contribution in [3.63, 3.8) is 0 Å². The summed E-state index contributed by atoms with van der Waals surface area (Å²) in [6, 6.07) is 0. The molecule has 0 aliphatic heterocycles. The Labute approximate surface area is 140 Å². The van der Waals surface area contributed by atoms with Crippen LogP contribution in [-0.2, 0) is 0 Å².